The minimum atomic E-state index is -0.162. The van der Waals surface area contributed by atoms with E-state index in [0.717, 1.165) is 19.3 Å². The number of hydrogen-bond donors (Lipinski definition) is 1. The van der Waals surface area contributed by atoms with Gasteiger partial charge in [0.1, 0.15) is 19.0 Å². The zero-order chi connectivity index (χ0) is 36.6. The Hall–Kier alpha value is -2.15. The summed E-state index contributed by atoms with van der Waals surface area (Å²) < 4.78 is 70.8. The number of benzene rings is 1. The molecule has 0 fully saturated rings. The van der Waals surface area contributed by atoms with E-state index in [4.69, 9.17) is 67.3 Å². The third-order valence-electron chi connectivity index (χ3n) is 6.60. The molecule has 0 bridgehead atoms. The number of unbranched alkanes of at least 4 members (excludes halogenated alkanes) is 2. The van der Waals surface area contributed by atoms with Crippen LogP contribution in [0.15, 0.2) is 24.3 Å². The first-order valence-corrected chi connectivity index (χ1v) is 18.2. The Balaban J connectivity index is 1.63. The third kappa shape index (κ3) is 34.7. The largest absolute Gasteiger partial charge is 0.489 e. The van der Waals surface area contributed by atoms with Gasteiger partial charge in [0.2, 0.25) is 0 Å². The summed E-state index contributed by atoms with van der Waals surface area (Å²) in [7, 11) is 0. The van der Waals surface area contributed by atoms with Gasteiger partial charge >= 0.3 is 5.97 Å². The van der Waals surface area contributed by atoms with Crippen molar-refractivity contribution in [2.75, 3.05) is 164 Å². The van der Waals surface area contributed by atoms with Crippen LogP contribution in [0.25, 0.3) is 0 Å². The average molecular weight is 736 g/mol. The van der Waals surface area contributed by atoms with E-state index in [2.05, 4.69) is 6.92 Å². The first kappa shape index (κ1) is 46.9. The molecule has 2 N–H and O–H groups in total. The van der Waals surface area contributed by atoms with Crippen LogP contribution in [-0.2, 0) is 61.6 Å². The molecule has 0 aliphatic carbocycles. The van der Waals surface area contributed by atoms with Gasteiger partial charge in [0.25, 0.3) is 0 Å². The minimum absolute atomic E-state index is 0.162. The fourth-order valence-corrected chi connectivity index (χ4v) is 3.93. The highest BCUT2D eigenvalue weighted by Gasteiger charge is 2.02. The van der Waals surface area contributed by atoms with Crippen molar-refractivity contribution in [1.29, 1.82) is 0 Å². The van der Waals surface area contributed by atoms with Crippen LogP contribution in [-0.4, -0.2) is 165 Å². The molecule has 15 nitrogen and oxygen atoms in total. The number of hydrogen-bond acceptors (Lipinski definition) is 15. The predicted molar refractivity (Wildman–Crippen MR) is 190 cm³/mol. The van der Waals surface area contributed by atoms with E-state index in [1.165, 1.54) is 0 Å². The minimum Gasteiger partial charge on any atom is -0.489 e. The highest BCUT2D eigenvalue weighted by Crippen LogP contribution is 2.19. The monoisotopic (exact) mass is 735 g/mol. The Morgan fingerprint density at radius 1 is 0.451 bits per heavy atom. The van der Waals surface area contributed by atoms with Gasteiger partial charge in [-0.15, -0.1) is 0 Å². The number of para-hydroxylation sites is 2. The van der Waals surface area contributed by atoms with Gasteiger partial charge < -0.3 is 67.3 Å². The second-order valence-corrected chi connectivity index (χ2v) is 10.8. The molecule has 15 heteroatoms. The van der Waals surface area contributed by atoms with Crippen molar-refractivity contribution >= 4 is 11.7 Å². The summed E-state index contributed by atoms with van der Waals surface area (Å²) in [6.45, 7) is 13.4. The molecule has 0 atom stereocenters. The Labute approximate surface area is 304 Å². The van der Waals surface area contributed by atoms with Gasteiger partial charge in [-0.05, 0) is 18.6 Å². The number of ether oxygens (including phenoxy) is 13. The van der Waals surface area contributed by atoms with E-state index in [0.29, 0.717) is 170 Å². The van der Waals surface area contributed by atoms with Gasteiger partial charge in [0, 0.05) is 6.42 Å². The van der Waals surface area contributed by atoms with E-state index in [-0.39, 0.29) is 12.6 Å². The highest BCUT2D eigenvalue weighted by atomic mass is 16.6. The number of nitrogen functional groups attached to an aromatic ring is 1. The number of nitrogens with two attached hydrogens (primary N) is 1. The molecule has 0 aliphatic heterocycles. The zero-order valence-corrected chi connectivity index (χ0v) is 30.9. The van der Waals surface area contributed by atoms with E-state index in [1.807, 2.05) is 18.2 Å². The lowest BCUT2D eigenvalue weighted by Crippen LogP contribution is -2.16. The highest BCUT2D eigenvalue weighted by molar-refractivity contribution is 5.69. The zero-order valence-electron chi connectivity index (χ0n) is 30.9. The van der Waals surface area contributed by atoms with E-state index in [1.54, 1.807) is 6.07 Å². The van der Waals surface area contributed by atoms with E-state index < -0.39 is 0 Å². The number of anilines is 1. The van der Waals surface area contributed by atoms with Crippen molar-refractivity contribution in [2.24, 2.45) is 0 Å². The summed E-state index contributed by atoms with van der Waals surface area (Å²) >= 11 is 0. The van der Waals surface area contributed by atoms with E-state index >= 15 is 0 Å². The van der Waals surface area contributed by atoms with Gasteiger partial charge in [-0.25, -0.2) is 0 Å². The van der Waals surface area contributed by atoms with Gasteiger partial charge in [0.15, 0.2) is 0 Å². The summed E-state index contributed by atoms with van der Waals surface area (Å²) in [5, 5.41) is 0. The summed E-state index contributed by atoms with van der Waals surface area (Å²) in [6.07, 6.45) is 3.48. The van der Waals surface area contributed by atoms with Crippen LogP contribution in [0.5, 0.6) is 5.75 Å². The number of rotatable bonds is 41. The lowest BCUT2D eigenvalue weighted by molar-refractivity contribution is -0.145. The van der Waals surface area contributed by atoms with Crippen LogP contribution < -0.4 is 10.5 Å². The molecular weight excluding hydrogens is 670 g/mol. The summed E-state index contributed by atoms with van der Waals surface area (Å²) in [5.41, 5.74) is 6.44. The lowest BCUT2D eigenvalue weighted by atomic mass is 10.2. The molecule has 1 aromatic carbocycles. The number of esters is 1. The normalized spacial score (nSPS) is 11.3. The van der Waals surface area contributed by atoms with Crippen molar-refractivity contribution in [3.8, 4) is 5.75 Å². The molecule has 0 aliphatic rings. The maximum Gasteiger partial charge on any atom is 0.305 e. The van der Waals surface area contributed by atoms with Crippen LogP contribution >= 0.6 is 0 Å². The molecule has 0 saturated carbocycles. The molecule has 0 spiro atoms. The maximum absolute atomic E-state index is 11.5. The van der Waals surface area contributed by atoms with Crippen LogP contribution in [0.2, 0.25) is 0 Å². The SMILES string of the molecule is CCCCCC(=O)OCCOCCOCCOCCOCCOCCOCCOCCOCCOCCOCCOCCOc1ccccc1N. The molecule has 0 amide bonds. The molecule has 0 saturated heterocycles. The number of carbonyl (C=O) groups is 1. The van der Waals surface area contributed by atoms with Crippen molar-refractivity contribution in [3.63, 3.8) is 0 Å². The molecule has 1 rings (SSSR count). The quantitative estimate of drug-likeness (QED) is 0.0593. The Morgan fingerprint density at radius 2 is 0.765 bits per heavy atom. The molecule has 0 aromatic heterocycles. The van der Waals surface area contributed by atoms with Crippen LogP contribution in [0.1, 0.15) is 32.6 Å². The fraction of sp³-hybridized carbons (Fsp3) is 0.806. The average Bonchev–Trinajstić information content (AvgIpc) is 3.13. The van der Waals surface area contributed by atoms with Crippen molar-refractivity contribution in [1.82, 2.24) is 0 Å². The van der Waals surface area contributed by atoms with Crippen LogP contribution in [0.3, 0.4) is 0 Å². The Morgan fingerprint density at radius 3 is 1.10 bits per heavy atom. The Kier molecular flexibility index (Phi) is 35.9. The molecule has 298 valence electrons. The first-order chi connectivity index (χ1) is 25.2. The second kappa shape index (κ2) is 39.1. The van der Waals surface area contributed by atoms with Crippen molar-refractivity contribution < 1.29 is 66.4 Å². The first-order valence-electron chi connectivity index (χ1n) is 18.2. The summed E-state index contributed by atoms with van der Waals surface area (Å²) in [6, 6.07) is 7.37. The topological polar surface area (TPSA) is 163 Å². The second-order valence-electron chi connectivity index (χ2n) is 10.8. The molecule has 1 aromatic rings. The molecule has 0 unspecified atom stereocenters. The molecule has 0 radical (unpaired) electrons. The van der Waals surface area contributed by atoms with Gasteiger partial charge in [0.05, 0.1) is 151 Å². The van der Waals surface area contributed by atoms with Gasteiger partial charge in [-0.3, -0.25) is 4.79 Å². The molecule has 51 heavy (non-hydrogen) atoms. The van der Waals surface area contributed by atoms with Crippen molar-refractivity contribution in [2.45, 2.75) is 32.6 Å². The maximum atomic E-state index is 11.5. The summed E-state index contributed by atoms with van der Waals surface area (Å²) in [4.78, 5) is 11.5. The Bertz CT molecular complexity index is 869. The summed E-state index contributed by atoms with van der Waals surface area (Å²) in [5.74, 6) is 0.504. The fourth-order valence-electron chi connectivity index (χ4n) is 3.93. The van der Waals surface area contributed by atoms with Crippen LogP contribution in [0.4, 0.5) is 5.69 Å². The lowest BCUT2D eigenvalue weighted by Gasteiger charge is -2.10. The standard InChI is InChI=1S/C36H65NO14/c1-2-3-4-9-36(38)51-33-31-49-29-27-47-25-23-45-21-19-43-17-15-41-13-11-39-10-12-40-14-16-42-18-20-44-22-24-46-26-28-48-30-32-50-35-8-6-5-7-34(35)37/h5-8H,2-4,9-33,37H2,1H3. The van der Waals surface area contributed by atoms with Gasteiger partial charge in [-0.1, -0.05) is 31.9 Å². The van der Waals surface area contributed by atoms with Gasteiger partial charge in [-0.2, -0.15) is 0 Å². The molecular formula is C36H65NO14. The van der Waals surface area contributed by atoms with E-state index in [9.17, 15) is 4.79 Å². The molecule has 0 heterocycles. The third-order valence-corrected chi connectivity index (χ3v) is 6.60. The predicted octanol–water partition coefficient (Wildman–Crippen LogP) is 2.95. The smallest absolute Gasteiger partial charge is 0.305 e. The number of carbonyl (C=O) groups excluding carboxylic acids is 1. The van der Waals surface area contributed by atoms with Crippen molar-refractivity contribution in [3.05, 3.63) is 24.3 Å². The van der Waals surface area contributed by atoms with Crippen LogP contribution in [0, 0.1) is 0 Å².